The third-order valence-corrected chi connectivity index (χ3v) is 4.76. The average molecular weight is 346 g/mol. The Bertz CT molecular complexity index is 556. The number of hydrogen-bond acceptors (Lipinski definition) is 4. The van der Waals surface area contributed by atoms with Crippen LogP contribution in [0.25, 0.3) is 0 Å². The first-order chi connectivity index (χ1) is 11.4. The molecule has 3 rings (SSSR count). The molecule has 1 N–H and O–H groups in total. The fourth-order valence-electron chi connectivity index (χ4n) is 3.40. The third kappa shape index (κ3) is 3.72. The molecule has 24 heavy (non-hydrogen) atoms. The summed E-state index contributed by atoms with van der Waals surface area (Å²) in [6, 6.07) is 1.27. The molecule has 3 heterocycles. The first-order valence-electron chi connectivity index (χ1n) is 8.06. The predicted molar refractivity (Wildman–Crippen MR) is 79.3 cm³/mol. The van der Waals surface area contributed by atoms with Gasteiger partial charge in [0.15, 0.2) is 0 Å². The zero-order chi connectivity index (χ0) is 17.2. The Kier molecular flexibility index (Phi) is 4.82. The molecule has 0 saturated carbocycles. The standard InChI is InChI=1S/C15H21F3N4O2/c16-15(17,18)11-21-7-2-12(13(21)23)19-10-14(3-8-24-9-4-14)22-6-1-5-20-22/h1,5-6,12,19H,2-4,7-11H2. The normalized spacial score (nSPS) is 24.5. The Hall–Kier alpha value is -1.61. The number of amides is 1. The molecule has 134 valence electrons. The lowest BCUT2D eigenvalue weighted by molar-refractivity contribution is -0.158. The topological polar surface area (TPSA) is 59.4 Å². The van der Waals surface area contributed by atoms with Crippen molar-refractivity contribution < 1.29 is 22.7 Å². The van der Waals surface area contributed by atoms with Crippen molar-refractivity contribution in [1.82, 2.24) is 20.0 Å². The zero-order valence-corrected chi connectivity index (χ0v) is 13.3. The SMILES string of the molecule is O=C1C(NCC2(n3cccn3)CCOCC2)CCN1CC(F)(F)F. The van der Waals surface area contributed by atoms with Crippen molar-refractivity contribution in [2.24, 2.45) is 0 Å². The zero-order valence-electron chi connectivity index (χ0n) is 13.3. The minimum absolute atomic E-state index is 0.133. The molecule has 2 aliphatic heterocycles. The van der Waals surface area contributed by atoms with E-state index >= 15 is 0 Å². The molecule has 1 atom stereocenters. The number of ether oxygens (including phenoxy) is 1. The number of alkyl halides is 3. The van der Waals surface area contributed by atoms with E-state index in [1.807, 2.05) is 16.9 Å². The second kappa shape index (κ2) is 6.72. The van der Waals surface area contributed by atoms with Crippen molar-refractivity contribution in [3.8, 4) is 0 Å². The van der Waals surface area contributed by atoms with Gasteiger partial charge >= 0.3 is 6.18 Å². The second-order valence-electron chi connectivity index (χ2n) is 6.38. The van der Waals surface area contributed by atoms with Crippen LogP contribution in [0.2, 0.25) is 0 Å². The predicted octanol–water partition coefficient (Wildman–Crippen LogP) is 1.14. The average Bonchev–Trinajstić information content (AvgIpc) is 3.17. The summed E-state index contributed by atoms with van der Waals surface area (Å²) in [5.41, 5.74) is -0.306. The molecule has 0 radical (unpaired) electrons. The third-order valence-electron chi connectivity index (χ3n) is 4.76. The van der Waals surface area contributed by atoms with Crippen molar-refractivity contribution in [3.63, 3.8) is 0 Å². The highest BCUT2D eigenvalue weighted by Gasteiger charge is 2.41. The first kappa shape index (κ1) is 17.2. The highest BCUT2D eigenvalue weighted by Crippen LogP contribution is 2.29. The lowest BCUT2D eigenvalue weighted by Gasteiger charge is -2.38. The highest BCUT2D eigenvalue weighted by molar-refractivity contribution is 5.84. The lowest BCUT2D eigenvalue weighted by atomic mass is 9.89. The van der Waals surface area contributed by atoms with E-state index in [1.54, 1.807) is 6.20 Å². The minimum atomic E-state index is -4.36. The van der Waals surface area contributed by atoms with Crippen LogP contribution in [0.1, 0.15) is 19.3 Å². The number of carbonyl (C=O) groups excluding carboxylic acids is 1. The number of likely N-dealkylation sites (tertiary alicyclic amines) is 1. The van der Waals surface area contributed by atoms with Gasteiger partial charge in [0, 0.05) is 38.7 Å². The molecular formula is C15H21F3N4O2. The number of hydrogen-bond donors (Lipinski definition) is 1. The van der Waals surface area contributed by atoms with E-state index in [9.17, 15) is 18.0 Å². The molecule has 2 saturated heterocycles. The van der Waals surface area contributed by atoms with Gasteiger partial charge in [0.05, 0.1) is 11.6 Å². The fourth-order valence-corrected chi connectivity index (χ4v) is 3.40. The lowest BCUT2D eigenvalue weighted by Crippen LogP contribution is -2.51. The van der Waals surface area contributed by atoms with Gasteiger partial charge in [-0.05, 0) is 25.3 Å². The van der Waals surface area contributed by atoms with Gasteiger partial charge < -0.3 is 15.0 Å². The summed E-state index contributed by atoms with van der Waals surface area (Å²) >= 11 is 0. The summed E-state index contributed by atoms with van der Waals surface area (Å²) in [6.07, 6.45) is 1.09. The van der Waals surface area contributed by atoms with Crippen LogP contribution < -0.4 is 5.32 Å². The minimum Gasteiger partial charge on any atom is -0.381 e. The second-order valence-corrected chi connectivity index (χ2v) is 6.38. The van der Waals surface area contributed by atoms with Gasteiger partial charge in [-0.2, -0.15) is 18.3 Å². The van der Waals surface area contributed by atoms with Crippen molar-refractivity contribution in [2.75, 3.05) is 32.8 Å². The Morgan fingerprint density at radius 2 is 2.12 bits per heavy atom. The maximum absolute atomic E-state index is 12.5. The van der Waals surface area contributed by atoms with Gasteiger partial charge in [-0.15, -0.1) is 0 Å². The molecule has 2 aliphatic rings. The van der Waals surface area contributed by atoms with Crippen LogP contribution in [0.3, 0.4) is 0 Å². The number of carbonyl (C=O) groups is 1. The Morgan fingerprint density at radius 3 is 2.75 bits per heavy atom. The number of halogens is 3. The number of rotatable bonds is 5. The van der Waals surface area contributed by atoms with Gasteiger partial charge in [-0.25, -0.2) is 0 Å². The largest absolute Gasteiger partial charge is 0.406 e. The summed E-state index contributed by atoms with van der Waals surface area (Å²) in [5, 5.41) is 7.49. The maximum Gasteiger partial charge on any atom is 0.406 e. The summed E-state index contributed by atoms with van der Waals surface area (Å²) in [4.78, 5) is 13.0. The van der Waals surface area contributed by atoms with E-state index in [1.165, 1.54) is 0 Å². The van der Waals surface area contributed by atoms with Crippen LogP contribution in [0.4, 0.5) is 13.2 Å². The van der Waals surface area contributed by atoms with E-state index in [0.717, 1.165) is 17.7 Å². The smallest absolute Gasteiger partial charge is 0.381 e. The molecule has 2 fully saturated rings. The summed E-state index contributed by atoms with van der Waals surface area (Å²) < 4.78 is 44.8. The van der Waals surface area contributed by atoms with Crippen molar-refractivity contribution in [3.05, 3.63) is 18.5 Å². The van der Waals surface area contributed by atoms with Crippen molar-refractivity contribution in [2.45, 2.75) is 37.0 Å². The van der Waals surface area contributed by atoms with Crippen molar-refractivity contribution >= 4 is 5.91 Å². The number of nitrogens with zero attached hydrogens (tertiary/aromatic N) is 3. The van der Waals surface area contributed by atoms with Crippen LogP contribution in [0.5, 0.6) is 0 Å². The van der Waals surface area contributed by atoms with Gasteiger partial charge in [-0.3, -0.25) is 9.48 Å². The molecule has 6 nitrogen and oxygen atoms in total. The Morgan fingerprint density at radius 1 is 1.38 bits per heavy atom. The molecule has 1 aromatic rings. The molecule has 1 unspecified atom stereocenters. The Balaban J connectivity index is 1.62. The monoisotopic (exact) mass is 346 g/mol. The molecule has 1 amide bonds. The van der Waals surface area contributed by atoms with Crippen LogP contribution in [-0.2, 0) is 15.1 Å². The van der Waals surface area contributed by atoms with Gasteiger partial charge in [0.25, 0.3) is 0 Å². The number of nitrogens with one attached hydrogen (secondary N) is 1. The maximum atomic E-state index is 12.5. The highest BCUT2D eigenvalue weighted by atomic mass is 19.4. The summed E-state index contributed by atoms with van der Waals surface area (Å²) in [6.45, 7) is 0.630. The number of aromatic nitrogens is 2. The molecule has 1 aromatic heterocycles. The van der Waals surface area contributed by atoms with E-state index in [4.69, 9.17) is 4.74 Å². The van der Waals surface area contributed by atoms with E-state index in [0.29, 0.717) is 26.2 Å². The van der Waals surface area contributed by atoms with Crippen LogP contribution in [0.15, 0.2) is 18.5 Å². The first-order valence-corrected chi connectivity index (χ1v) is 8.06. The molecule has 0 spiro atoms. The summed E-state index contributed by atoms with van der Waals surface area (Å²) in [7, 11) is 0. The van der Waals surface area contributed by atoms with Gasteiger partial charge in [-0.1, -0.05) is 0 Å². The quantitative estimate of drug-likeness (QED) is 0.869. The van der Waals surface area contributed by atoms with E-state index in [2.05, 4.69) is 10.4 Å². The van der Waals surface area contributed by atoms with Gasteiger partial charge in [0.2, 0.25) is 5.91 Å². The summed E-state index contributed by atoms with van der Waals surface area (Å²) in [5.74, 6) is -0.477. The Labute approximate surface area is 137 Å². The fraction of sp³-hybridized carbons (Fsp3) is 0.733. The van der Waals surface area contributed by atoms with Gasteiger partial charge in [0.1, 0.15) is 6.54 Å². The van der Waals surface area contributed by atoms with Crippen LogP contribution >= 0.6 is 0 Å². The van der Waals surface area contributed by atoms with Crippen LogP contribution in [0, 0.1) is 0 Å². The molecule has 9 heteroatoms. The molecule has 0 bridgehead atoms. The van der Waals surface area contributed by atoms with E-state index < -0.39 is 24.7 Å². The van der Waals surface area contributed by atoms with E-state index in [-0.39, 0.29) is 12.1 Å². The van der Waals surface area contributed by atoms with Crippen molar-refractivity contribution in [1.29, 1.82) is 0 Å². The molecular weight excluding hydrogens is 325 g/mol. The molecule has 0 aliphatic carbocycles. The van der Waals surface area contributed by atoms with Crippen LogP contribution in [-0.4, -0.2) is 65.7 Å². The molecule has 0 aromatic carbocycles.